The van der Waals surface area contributed by atoms with E-state index in [1.807, 2.05) is 30.3 Å². The van der Waals surface area contributed by atoms with Crippen LogP contribution < -0.4 is 11.2 Å². The molecule has 1 aromatic carbocycles. The number of aliphatic imine (C=N–C) groups is 1. The van der Waals surface area contributed by atoms with Crippen LogP contribution in [0.2, 0.25) is 0 Å². The summed E-state index contributed by atoms with van der Waals surface area (Å²) in [6.07, 6.45) is 0.971. The minimum atomic E-state index is -3.01. The first kappa shape index (κ1) is 21.8. The Labute approximate surface area is 183 Å². The van der Waals surface area contributed by atoms with E-state index in [-0.39, 0.29) is 19.6 Å². The summed E-state index contributed by atoms with van der Waals surface area (Å²) in [4.78, 5) is 18.0. The Kier molecular flexibility index (Phi) is 6.10. The molecule has 1 saturated heterocycles. The third-order valence-corrected chi connectivity index (χ3v) is 5.37. The number of rotatable bonds is 7. The number of hydrazine groups is 1. The normalized spacial score (nSPS) is 22.5. The van der Waals surface area contributed by atoms with Gasteiger partial charge in [0, 0.05) is 24.6 Å². The molecule has 0 radical (unpaired) electrons. The van der Waals surface area contributed by atoms with Crippen LogP contribution in [0.3, 0.4) is 0 Å². The Bertz CT molecular complexity index is 1020. The van der Waals surface area contributed by atoms with Crippen molar-refractivity contribution in [3.05, 3.63) is 65.7 Å². The quantitative estimate of drug-likeness (QED) is 0.489. The van der Waals surface area contributed by atoms with Crippen molar-refractivity contribution in [3.63, 3.8) is 0 Å². The number of nitrogens with two attached hydrogens (primary N) is 1. The molecular formula is C21H23F2N7O2. The third kappa shape index (κ3) is 4.30. The van der Waals surface area contributed by atoms with Crippen LogP contribution in [0.25, 0.3) is 5.57 Å². The lowest BCUT2D eigenvalue weighted by Crippen LogP contribution is -2.52. The standard InChI is InChI=1S/C21H23F2N7O2/c1-29-19(28-30(13-31)12-16-21(22,23)8-10-32-16)17(15-7-9-25-26-11-15)18(27-20(29)24)14-5-3-2-4-6-14/h2-7,9,11,13,16,20,28H,8,10,12,24H2,1H3. The van der Waals surface area contributed by atoms with Crippen molar-refractivity contribution >= 4 is 17.7 Å². The summed E-state index contributed by atoms with van der Waals surface area (Å²) in [7, 11) is 1.69. The molecule has 2 atom stereocenters. The third-order valence-electron chi connectivity index (χ3n) is 5.37. The monoisotopic (exact) mass is 443 g/mol. The number of nitrogens with one attached hydrogen (secondary N) is 1. The molecule has 11 heteroatoms. The molecule has 1 amide bonds. The van der Waals surface area contributed by atoms with Gasteiger partial charge in [-0.25, -0.2) is 13.8 Å². The van der Waals surface area contributed by atoms with Gasteiger partial charge in [-0.05, 0) is 6.07 Å². The number of carbonyl (C=O) groups excluding carboxylic acids is 1. The van der Waals surface area contributed by atoms with Crippen LogP contribution in [0, 0.1) is 0 Å². The van der Waals surface area contributed by atoms with E-state index in [0.29, 0.717) is 29.1 Å². The molecule has 0 aliphatic carbocycles. The number of allylic oxidation sites excluding steroid dienone is 1. The first-order valence-corrected chi connectivity index (χ1v) is 10.0. The molecule has 1 fully saturated rings. The number of halogens is 2. The highest BCUT2D eigenvalue weighted by molar-refractivity contribution is 6.32. The summed E-state index contributed by atoms with van der Waals surface area (Å²) < 4.78 is 33.3. The van der Waals surface area contributed by atoms with Gasteiger partial charge in [0.15, 0.2) is 6.29 Å². The largest absolute Gasteiger partial charge is 0.370 e. The van der Waals surface area contributed by atoms with Gasteiger partial charge in [-0.1, -0.05) is 30.3 Å². The molecule has 0 saturated carbocycles. The zero-order valence-electron chi connectivity index (χ0n) is 17.4. The fraction of sp³-hybridized carbons (Fsp3) is 0.333. The molecule has 1 aromatic heterocycles. The number of hydrogen-bond acceptors (Lipinski definition) is 8. The second-order valence-corrected chi connectivity index (χ2v) is 7.46. The van der Waals surface area contributed by atoms with Crippen molar-refractivity contribution < 1.29 is 18.3 Å². The van der Waals surface area contributed by atoms with Crippen LogP contribution in [0.1, 0.15) is 17.5 Å². The summed E-state index contributed by atoms with van der Waals surface area (Å²) in [5.74, 6) is -2.60. The molecule has 2 aromatic rings. The first-order chi connectivity index (χ1) is 15.4. The van der Waals surface area contributed by atoms with Crippen molar-refractivity contribution in [2.24, 2.45) is 10.7 Å². The Balaban J connectivity index is 1.76. The van der Waals surface area contributed by atoms with Gasteiger partial charge in [-0.2, -0.15) is 10.2 Å². The van der Waals surface area contributed by atoms with Gasteiger partial charge in [0.2, 0.25) is 6.41 Å². The first-order valence-electron chi connectivity index (χ1n) is 10.0. The molecule has 2 aliphatic heterocycles. The highest BCUT2D eigenvalue weighted by Gasteiger charge is 2.46. The Morgan fingerprint density at radius 1 is 1.28 bits per heavy atom. The molecule has 4 rings (SSSR count). The maximum absolute atomic E-state index is 14.1. The lowest BCUT2D eigenvalue weighted by molar-refractivity contribution is -0.127. The fourth-order valence-electron chi connectivity index (χ4n) is 3.60. The number of alkyl halides is 2. The maximum Gasteiger partial charge on any atom is 0.277 e. The van der Waals surface area contributed by atoms with Gasteiger partial charge in [0.05, 0.1) is 36.8 Å². The number of aromatic nitrogens is 2. The molecule has 0 bridgehead atoms. The van der Waals surface area contributed by atoms with Crippen molar-refractivity contribution in [1.29, 1.82) is 0 Å². The molecule has 2 unspecified atom stereocenters. The fourth-order valence-corrected chi connectivity index (χ4v) is 3.60. The van der Waals surface area contributed by atoms with Crippen LogP contribution in [0.4, 0.5) is 8.78 Å². The van der Waals surface area contributed by atoms with Crippen LogP contribution in [-0.4, -0.2) is 70.7 Å². The molecule has 168 valence electrons. The van der Waals surface area contributed by atoms with E-state index < -0.39 is 18.3 Å². The number of nitrogens with zero attached hydrogens (tertiary/aromatic N) is 5. The molecule has 32 heavy (non-hydrogen) atoms. The maximum atomic E-state index is 14.1. The van der Waals surface area contributed by atoms with Crippen molar-refractivity contribution in [3.8, 4) is 0 Å². The minimum Gasteiger partial charge on any atom is -0.370 e. The average molecular weight is 443 g/mol. The lowest BCUT2D eigenvalue weighted by atomic mass is 9.95. The van der Waals surface area contributed by atoms with Gasteiger partial charge < -0.3 is 9.64 Å². The van der Waals surface area contributed by atoms with E-state index in [1.165, 1.54) is 6.20 Å². The van der Waals surface area contributed by atoms with Crippen LogP contribution in [0.5, 0.6) is 0 Å². The molecule has 2 aliphatic rings. The molecular weight excluding hydrogens is 420 g/mol. The molecule has 0 spiro atoms. The lowest BCUT2D eigenvalue weighted by Gasteiger charge is -2.37. The Morgan fingerprint density at radius 2 is 2.06 bits per heavy atom. The number of ether oxygens (including phenoxy) is 1. The van der Waals surface area contributed by atoms with E-state index in [2.05, 4.69) is 20.6 Å². The van der Waals surface area contributed by atoms with Crippen LogP contribution in [0.15, 0.2) is 59.6 Å². The molecule has 9 nitrogen and oxygen atoms in total. The summed E-state index contributed by atoms with van der Waals surface area (Å²) in [6.45, 7) is -0.403. The zero-order valence-corrected chi connectivity index (χ0v) is 17.4. The number of hydrogen-bond donors (Lipinski definition) is 2. The minimum absolute atomic E-state index is 0.0589. The highest BCUT2D eigenvalue weighted by Crippen LogP contribution is 2.32. The Hall–Kier alpha value is -3.44. The zero-order chi connectivity index (χ0) is 22.7. The van der Waals surface area contributed by atoms with Gasteiger partial charge in [0.25, 0.3) is 5.92 Å². The van der Waals surface area contributed by atoms with Crippen molar-refractivity contribution in [2.75, 3.05) is 20.2 Å². The van der Waals surface area contributed by atoms with Gasteiger partial charge in [0.1, 0.15) is 11.9 Å². The van der Waals surface area contributed by atoms with E-state index in [9.17, 15) is 13.6 Å². The molecule has 3 heterocycles. The smallest absolute Gasteiger partial charge is 0.277 e. The van der Waals surface area contributed by atoms with Crippen molar-refractivity contribution in [2.45, 2.75) is 24.7 Å². The highest BCUT2D eigenvalue weighted by atomic mass is 19.3. The van der Waals surface area contributed by atoms with E-state index >= 15 is 0 Å². The predicted molar refractivity (Wildman–Crippen MR) is 113 cm³/mol. The van der Waals surface area contributed by atoms with Crippen LogP contribution in [-0.2, 0) is 9.53 Å². The van der Waals surface area contributed by atoms with Gasteiger partial charge in [-0.3, -0.25) is 21.0 Å². The second-order valence-electron chi connectivity index (χ2n) is 7.46. The Morgan fingerprint density at radius 3 is 2.69 bits per heavy atom. The topological polar surface area (TPSA) is 109 Å². The predicted octanol–water partition coefficient (Wildman–Crippen LogP) is 1.21. The van der Waals surface area contributed by atoms with Crippen molar-refractivity contribution in [1.82, 2.24) is 25.5 Å². The van der Waals surface area contributed by atoms with Gasteiger partial charge >= 0.3 is 0 Å². The number of carbonyl (C=O) groups is 1. The molecule has 3 N–H and O–H groups in total. The summed E-state index contributed by atoms with van der Waals surface area (Å²) in [5, 5.41) is 8.80. The van der Waals surface area contributed by atoms with E-state index in [0.717, 1.165) is 10.6 Å². The van der Waals surface area contributed by atoms with Crippen LogP contribution >= 0.6 is 0 Å². The van der Waals surface area contributed by atoms with Gasteiger partial charge in [-0.15, -0.1) is 0 Å². The average Bonchev–Trinajstić information content (AvgIpc) is 3.14. The van der Waals surface area contributed by atoms with E-state index in [1.54, 1.807) is 24.2 Å². The van der Waals surface area contributed by atoms with E-state index in [4.69, 9.17) is 10.5 Å². The number of benzene rings is 1. The number of amides is 1. The summed E-state index contributed by atoms with van der Waals surface area (Å²) in [6, 6.07) is 11.1. The summed E-state index contributed by atoms with van der Waals surface area (Å²) in [5.41, 5.74) is 11.8. The summed E-state index contributed by atoms with van der Waals surface area (Å²) >= 11 is 0. The second kappa shape index (κ2) is 8.97. The SMILES string of the molecule is CN1C(NN(C=O)CC2OCCC2(F)F)=C(c2ccnnc2)C(c2ccccc2)=NC1N.